The van der Waals surface area contributed by atoms with Gasteiger partial charge in [-0.15, -0.1) is 0 Å². The molecule has 4 rings (SSSR count). The van der Waals surface area contributed by atoms with Crippen molar-refractivity contribution >= 4 is 11.7 Å². The van der Waals surface area contributed by atoms with Crippen LogP contribution in [0.15, 0.2) is 66.9 Å². The molecule has 1 aromatic heterocycles. The second-order valence-corrected chi connectivity index (χ2v) is 7.97. The van der Waals surface area contributed by atoms with E-state index in [0.29, 0.717) is 56.3 Å². The maximum absolute atomic E-state index is 13.0. The van der Waals surface area contributed by atoms with Gasteiger partial charge in [0.1, 0.15) is 23.1 Å². The summed E-state index contributed by atoms with van der Waals surface area (Å²) in [6.45, 7) is 1.97. The molecule has 1 aliphatic rings. The van der Waals surface area contributed by atoms with Gasteiger partial charge in [-0.25, -0.2) is 9.37 Å². The van der Waals surface area contributed by atoms with Crippen molar-refractivity contribution in [3.8, 4) is 11.5 Å². The van der Waals surface area contributed by atoms with Crippen LogP contribution in [0.2, 0.25) is 0 Å². The number of anilines is 1. The number of aromatic nitrogens is 1. The molecule has 0 radical (unpaired) electrons. The normalized spacial score (nSPS) is 14.2. The van der Waals surface area contributed by atoms with Crippen molar-refractivity contribution in [2.75, 3.05) is 31.1 Å². The lowest BCUT2D eigenvalue weighted by Crippen LogP contribution is -2.49. The van der Waals surface area contributed by atoms with Gasteiger partial charge in [-0.3, -0.25) is 4.79 Å². The molecule has 0 spiro atoms. The van der Waals surface area contributed by atoms with Crippen LogP contribution < -0.4 is 9.64 Å². The number of amides is 1. The zero-order chi connectivity index (χ0) is 24.1. The summed E-state index contributed by atoms with van der Waals surface area (Å²) in [6.07, 6.45) is -2.71. The molecule has 2 heterocycles. The zero-order valence-corrected chi connectivity index (χ0v) is 18.3. The number of hydrogen-bond acceptors (Lipinski definition) is 4. The standard InChI is InChI=1S/C25H23F4N3O2/c26-20-6-8-21(9-7-20)34-22-3-1-2-18(16-22)4-11-24(33)32-14-12-31(13-15-32)23-10-5-19(17-30-23)25(27,28)29/h1-3,5-10,16-17H,4,11-15H2. The van der Waals surface area contributed by atoms with E-state index < -0.39 is 11.7 Å². The Balaban J connectivity index is 1.26. The van der Waals surface area contributed by atoms with Gasteiger partial charge in [-0.1, -0.05) is 12.1 Å². The predicted octanol–water partition coefficient (Wildman–Crippen LogP) is 5.31. The molecule has 0 unspecified atom stereocenters. The summed E-state index contributed by atoms with van der Waals surface area (Å²) >= 11 is 0. The van der Waals surface area contributed by atoms with Crippen LogP contribution in [0.1, 0.15) is 17.5 Å². The molecule has 0 atom stereocenters. The lowest BCUT2D eigenvalue weighted by molar-refractivity contribution is -0.137. The van der Waals surface area contributed by atoms with Crippen molar-refractivity contribution in [2.24, 2.45) is 0 Å². The quantitative estimate of drug-likeness (QED) is 0.455. The fourth-order valence-corrected chi connectivity index (χ4v) is 3.74. The SMILES string of the molecule is O=C(CCc1cccc(Oc2ccc(F)cc2)c1)N1CCN(c2ccc(C(F)(F)F)cn2)CC1. The molecule has 0 saturated carbocycles. The third-order valence-electron chi connectivity index (χ3n) is 5.61. The van der Waals surface area contributed by atoms with E-state index in [1.54, 1.807) is 23.1 Å². The number of carbonyl (C=O) groups excluding carboxylic acids is 1. The third kappa shape index (κ3) is 6.03. The third-order valence-corrected chi connectivity index (χ3v) is 5.61. The molecule has 1 fully saturated rings. The summed E-state index contributed by atoms with van der Waals surface area (Å²) in [4.78, 5) is 20.2. The van der Waals surface area contributed by atoms with Crippen molar-refractivity contribution in [2.45, 2.75) is 19.0 Å². The van der Waals surface area contributed by atoms with E-state index in [0.717, 1.165) is 17.8 Å². The number of rotatable bonds is 6. The monoisotopic (exact) mass is 473 g/mol. The number of ether oxygens (including phenoxy) is 1. The van der Waals surface area contributed by atoms with Crippen molar-refractivity contribution in [1.29, 1.82) is 0 Å². The van der Waals surface area contributed by atoms with Crippen molar-refractivity contribution < 1.29 is 27.1 Å². The number of benzene rings is 2. The van der Waals surface area contributed by atoms with E-state index in [2.05, 4.69) is 4.98 Å². The molecule has 34 heavy (non-hydrogen) atoms. The lowest BCUT2D eigenvalue weighted by Gasteiger charge is -2.35. The Morgan fingerprint density at radius 2 is 1.68 bits per heavy atom. The van der Waals surface area contributed by atoms with Crippen LogP contribution in [0.5, 0.6) is 11.5 Å². The first-order valence-corrected chi connectivity index (χ1v) is 10.9. The number of carbonyl (C=O) groups is 1. The van der Waals surface area contributed by atoms with Gasteiger partial charge in [0.15, 0.2) is 0 Å². The van der Waals surface area contributed by atoms with Crippen LogP contribution in [-0.4, -0.2) is 42.0 Å². The lowest BCUT2D eigenvalue weighted by atomic mass is 10.1. The molecule has 9 heteroatoms. The maximum Gasteiger partial charge on any atom is 0.417 e. The van der Waals surface area contributed by atoms with Gasteiger partial charge in [0.2, 0.25) is 5.91 Å². The number of alkyl halides is 3. The first kappa shape index (κ1) is 23.5. The fraction of sp³-hybridized carbons (Fsp3) is 0.280. The molecular weight excluding hydrogens is 450 g/mol. The second kappa shape index (κ2) is 10.1. The molecule has 1 amide bonds. The number of piperazine rings is 1. The van der Waals surface area contributed by atoms with Crippen molar-refractivity contribution in [1.82, 2.24) is 9.88 Å². The highest BCUT2D eigenvalue weighted by atomic mass is 19.4. The van der Waals surface area contributed by atoms with E-state index in [-0.39, 0.29) is 11.7 Å². The Morgan fingerprint density at radius 3 is 2.32 bits per heavy atom. The van der Waals surface area contributed by atoms with E-state index in [9.17, 15) is 22.4 Å². The van der Waals surface area contributed by atoms with Gasteiger partial charge in [0.05, 0.1) is 5.56 Å². The summed E-state index contributed by atoms with van der Waals surface area (Å²) in [7, 11) is 0. The van der Waals surface area contributed by atoms with Gasteiger partial charge < -0.3 is 14.5 Å². The van der Waals surface area contributed by atoms with E-state index in [1.807, 2.05) is 23.1 Å². The average molecular weight is 473 g/mol. The highest BCUT2D eigenvalue weighted by Gasteiger charge is 2.31. The highest BCUT2D eigenvalue weighted by molar-refractivity contribution is 5.76. The summed E-state index contributed by atoms with van der Waals surface area (Å²) in [5, 5.41) is 0. The molecule has 0 aliphatic carbocycles. The van der Waals surface area contributed by atoms with Gasteiger partial charge in [0.25, 0.3) is 0 Å². The minimum atomic E-state index is -4.41. The maximum atomic E-state index is 13.0. The Hall–Kier alpha value is -3.62. The number of aryl methyl sites for hydroxylation is 1. The second-order valence-electron chi connectivity index (χ2n) is 7.97. The number of hydrogen-bond donors (Lipinski definition) is 0. The predicted molar refractivity (Wildman–Crippen MR) is 119 cm³/mol. The molecule has 0 bridgehead atoms. The smallest absolute Gasteiger partial charge is 0.417 e. The minimum absolute atomic E-state index is 0.0184. The molecule has 2 aromatic carbocycles. The van der Waals surface area contributed by atoms with Crippen LogP contribution in [0.4, 0.5) is 23.4 Å². The zero-order valence-electron chi connectivity index (χ0n) is 18.3. The van der Waals surface area contributed by atoms with Gasteiger partial charge in [-0.2, -0.15) is 13.2 Å². The number of halogens is 4. The van der Waals surface area contributed by atoms with Crippen molar-refractivity contribution in [3.63, 3.8) is 0 Å². The van der Waals surface area contributed by atoms with Crippen LogP contribution >= 0.6 is 0 Å². The van der Waals surface area contributed by atoms with E-state index >= 15 is 0 Å². The van der Waals surface area contributed by atoms with Gasteiger partial charge in [0, 0.05) is 38.8 Å². The van der Waals surface area contributed by atoms with Crippen LogP contribution in [0.3, 0.4) is 0 Å². The molecule has 3 aromatic rings. The summed E-state index contributed by atoms with van der Waals surface area (Å²) < 4.78 is 56.9. The molecule has 0 N–H and O–H groups in total. The summed E-state index contributed by atoms with van der Waals surface area (Å²) in [5.41, 5.74) is 0.165. The summed E-state index contributed by atoms with van der Waals surface area (Å²) in [6, 6.07) is 15.5. The van der Waals surface area contributed by atoms with Gasteiger partial charge >= 0.3 is 6.18 Å². The largest absolute Gasteiger partial charge is 0.457 e. The molecule has 178 valence electrons. The van der Waals surface area contributed by atoms with Crippen LogP contribution in [0, 0.1) is 5.82 Å². The first-order chi connectivity index (χ1) is 16.3. The fourth-order valence-electron chi connectivity index (χ4n) is 3.74. The minimum Gasteiger partial charge on any atom is -0.457 e. The summed E-state index contributed by atoms with van der Waals surface area (Å²) in [5.74, 6) is 1.28. The number of pyridine rings is 1. The van der Waals surface area contributed by atoms with Crippen LogP contribution in [-0.2, 0) is 17.4 Å². The first-order valence-electron chi connectivity index (χ1n) is 10.9. The molecule has 1 aliphatic heterocycles. The van der Waals surface area contributed by atoms with Crippen LogP contribution in [0.25, 0.3) is 0 Å². The average Bonchev–Trinajstić information content (AvgIpc) is 2.84. The van der Waals surface area contributed by atoms with E-state index in [1.165, 1.54) is 18.2 Å². The molecule has 5 nitrogen and oxygen atoms in total. The molecule has 1 saturated heterocycles. The number of nitrogens with zero attached hydrogens (tertiary/aromatic N) is 3. The van der Waals surface area contributed by atoms with E-state index in [4.69, 9.17) is 4.74 Å². The Bertz CT molecular complexity index is 1110. The Labute approximate surface area is 194 Å². The highest BCUT2D eigenvalue weighted by Crippen LogP contribution is 2.29. The Morgan fingerprint density at radius 1 is 0.941 bits per heavy atom. The molecular formula is C25H23F4N3O2. The Kier molecular flexibility index (Phi) is 7.00. The van der Waals surface area contributed by atoms with Crippen molar-refractivity contribution in [3.05, 3.63) is 83.8 Å². The van der Waals surface area contributed by atoms with Gasteiger partial charge in [-0.05, 0) is 60.5 Å². The topological polar surface area (TPSA) is 45.7 Å².